The number of carbonyl (C=O) groups excluding carboxylic acids is 1. The van der Waals surface area contributed by atoms with E-state index in [0.29, 0.717) is 11.7 Å². The zero-order valence-corrected chi connectivity index (χ0v) is 14.4. The molecule has 7 nitrogen and oxygen atoms in total. The molecule has 2 aromatic heterocycles. The van der Waals surface area contributed by atoms with Gasteiger partial charge >= 0.3 is 0 Å². The molecule has 0 saturated carbocycles. The molecule has 128 valence electrons. The van der Waals surface area contributed by atoms with Gasteiger partial charge in [-0.2, -0.15) is 5.10 Å². The van der Waals surface area contributed by atoms with Crippen molar-refractivity contribution in [1.29, 1.82) is 0 Å². The fourth-order valence-corrected chi connectivity index (χ4v) is 3.04. The van der Waals surface area contributed by atoms with Crippen LogP contribution in [0.5, 0.6) is 0 Å². The lowest BCUT2D eigenvalue weighted by molar-refractivity contribution is -0.126. The summed E-state index contributed by atoms with van der Waals surface area (Å²) in [5.41, 5.74) is 0. The van der Waals surface area contributed by atoms with Gasteiger partial charge < -0.3 is 10.2 Å². The first-order valence-corrected chi connectivity index (χ1v) is 8.51. The normalized spacial score (nSPS) is 16.8. The number of nitrogens with zero attached hydrogens (tertiary/aromatic N) is 5. The van der Waals surface area contributed by atoms with Crippen LogP contribution in [-0.4, -0.2) is 45.0 Å². The Morgan fingerprint density at radius 3 is 2.79 bits per heavy atom. The van der Waals surface area contributed by atoms with Crippen LogP contribution in [0.1, 0.15) is 19.8 Å². The van der Waals surface area contributed by atoms with Crippen molar-refractivity contribution in [3.63, 3.8) is 0 Å². The largest absolute Gasteiger partial charge is 0.355 e. The molecular formula is C16H21ClN6O. The second-order valence-electron chi connectivity index (χ2n) is 6.11. The van der Waals surface area contributed by atoms with E-state index in [9.17, 15) is 4.79 Å². The van der Waals surface area contributed by atoms with E-state index in [4.69, 9.17) is 11.6 Å². The van der Waals surface area contributed by atoms with E-state index in [1.807, 2.05) is 29.9 Å². The Bertz CT molecular complexity index is 652. The highest BCUT2D eigenvalue weighted by Crippen LogP contribution is 2.22. The van der Waals surface area contributed by atoms with Crippen molar-refractivity contribution in [2.45, 2.75) is 32.4 Å². The van der Waals surface area contributed by atoms with E-state index in [1.165, 1.54) is 0 Å². The summed E-state index contributed by atoms with van der Waals surface area (Å²) in [7, 11) is 0. The summed E-state index contributed by atoms with van der Waals surface area (Å²) in [5, 5.41) is 15.6. The Morgan fingerprint density at radius 2 is 2.17 bits per heavy atom. The smallest absolute Gasteiger partial charge is 0.223 e. The lowest BCUT2D eigenvalue weighted by Crippen LogP contribution is -2.44. The molecule has 1 atom stereocenters. The van der Waals surface area contributed by atoms with Crippen molar-refractivity contribution >= 4 is 23.3 Å². The molecule has 0 radical (unpaired) electrons. The number of rotatable bonds is 5. The monoisotopic (exact) mass is 348 g/mol. The zero-order valence-electron chi connectivity index (χ0n) is 13.6. The van der Waals surface area contributed by atoms with Crippen molar-refractivity contribution in [2.24, 2.45) is 5.92 Å². The number of hydrogen-bond donors (Lipinski definition) is 1. The number of carbonyl (C=O) groups is 1. The summed E-state index contributed by atoms with van der Waals surface area (Å²) >= 11 is 5.76. The van der Waals surface area contributed by atoms with Crippen LogP contribution in [0.2, 0.25) is 5.15 Å². The van der Waals surface area contributed by atoms with Gasteiger partial charge in [-0.15, -0.1) is 10.2 Å². The molecule has 3 heterocycles. The van der Waals surface area contributed by atoms with Crippen LogP contribution in [0, 0.1) is 5.92 Å². The molecule has 8 heteroatoms. The molecule has 2 aromatic rings. The Kier molecular flexibility index (Phi) is 5.30. The molecule has 0 spiro atoms. The average molecular weight is 349 g/mol. The lowest BCUT2D eigenvalue weighted by atomic mass is 9.95. The van der Waals surface area contributed by atoms with Gasteiger partial charge in [0.15, 0.2) is 11.0 Å². The predicted octanol–water partition coefficient (Wildman–Crippen LogP) is 1.75. The van der Waals surface area contributed by atoms with Gasteiger partial charge in [-0.25, -0.2) is 0 Å². The van der Waals surface area contributed by atoms with Crippen LogP contribution in [-0.2, 0) is 11.3 Å². The van der Waals surface area contributed by atoms with E-state index in [0.717, 1.165) is 31.7 Å². The van der Waals surface area contributed by atoms with Crippen molar-refractivity contribution in [3.05, 3.63) is 35.7 Å². The van der Waals surface area contributed by atoms with Gasteiger partial charge in [0.1, 0.15) is 0 Å². The van der Waals surface area contributed by atoms with E-state index >= 15 is 0 Å². The SMILES string of the molecule is C[C@H](Cn1cccn1)NC(=O)C1CCN(c2ccc(Cl)nn2)CC1. The maximum absolute atomic E-state index is 12.4. The van der Waals surface area contributed by atoms with Crippen molar-refractivity contribution < 1.29 is 4.79 Å². The third-order valence-corrected chi connectivity index (χ3v) is 4.42. The first-order chi connectivity index (χ1) is 11.6. The van der Waals surface area contributed by atoms with Gasteiger partial charge in [-0.05, 0) is 38.0 Å². The molecule has 1 aliphatic heterocycles. The second kappa shape index (κ2) is 7.61. The van der Waals surface area contributed by atoms with E-state index < -0.39 is 0 Å². The molecule has 1 N–H and O–H groups in total. The highest BCUT2D eigenvalue weighted by atomic mass is 35.5. The minimum Gasteiger partial charge on any atom is -0.355 e. The quantitative estimate of drug-likeness (QED) is 0.890. The Morgan fingerprint density at radius 1 is 1.38 bits per heavy atom. The first-order valence-electron chi connectivity index (χ1n) is 8.14. The van der Waals surface area contributed by atoms with Gasteiger partial charge in [0.25, 0.3) is 0 Å². The minimum atomic E-state index is 0.0431. The summed E-state index contributed by atoms with van der Waals surface area (Å²) in [4.78, 5) is 14.6. The van der Waals surface area contributed by atoms with Gasteiger partial charge in [0.05, 0.1) is 6.54 Å². The molecule has 1 fully saturated rings. The number of hydrogen-bond acceptors (Lipinski definition) is 5. The molecular weight excluding hydrogens is 328 g/mol. The fourth-order valence-electron chi connectivity index (χ4n) is 2.94. The molecule has 0 bridgehead atoms. The number of anilines is 1. The lowest BCUT2D eigenvalue weighted by Gasteiger charge is -2.32. The van der Waals surface area contributed by atoms with E-state index in [-0.39, 0.29) is 17.9 Å². The summed E-state index contributed by atoms with van der Waals surface area (Å²) in [5.74, 6) is 0.975. The zero-order chi connectivity index (χ0) is 16.9. The number of amides is 1. The van der Waals surface area contributed by atoms with Crippen molar-refractivity contribution in [2.75, 3.05) is 18.0 Å². The Hall–Kier alpha value is -2.15. The van der Waals surface area contributed by atoms with Gasteiger partial charge in [-0.3, -0.25) is 9.48 Å². The number of piperidine rings is 1. The van der Waals surface area contributed by atoms with E-state index in [1.54, 1.807) is 12.3 Å². The minimum absolute atomic E-state index is 0.0431. The van der Waals surface area contributed by atoms with Crippen molar-refractivity contribution in [3.8, 4) is 0 Å². The van der Waals surface area contributed by atoms with Gasteiger partial charge in [0.2, 0.25) is 5.91 Å². The van der Waals surface area contributed by atoms with Crippen LogP contribution in [0.3, 0.4) is 0 Å². The summed E-state index contributed by atoms with van der Waals surface area (Å²) in [6.45, 7) is 4.26. The first kappa shape index (κ1) is 16.7. The van der Waals surface area contributed by atoms with Crippen LogP contribution in [0.15, 0.2) is 30.6 Å². The molecule has 24 heavy (non-hydrogen) atoms. The topological polar surface area (TPSA) is 75.9 Å². The van der Waals surface area contributed by atoms with Crippen molar-refractivity contribution in [1.82, 2.24) is 25.3 Å². The molecule has 1 aliphatic rings. The second-order valence-corrected chi connectivity index (χ2v) is 6.50. The summed E-state index contributed by atoms with van der Waals surface area (Å²) < 4.78 is 1.83. The highest BCUT2D eigenvalue weighted by molar-refractivity contribution is 6.29. The van der Waals surface area contributed by atoms with Gasteiger partial charge in [-0.1, -0.05) is 11.6 Å². The molecule has 0 aliphatic carbocycles. The third kappa shape index (κ3) is 4.23. The Labute approximate surface area is 146 Å². The fraction of sp³-hybridized carbons (Fsp3) is 0.500. The van der Waals surface area contributed by atoms with Crippen LogP contribution in [0.25, 0.3) is 0 Å². The molecule has 0 unspecified atom stereocenters. The predicted molar refractivity (Wildman–Crippen MR) is 91.8 cm³/mol. The van der Waals surface area contributed by atoms with E-state index in [2.05, 4.69) is 25.5 Å². The third-order valence-electron chi connectivity index (χ3n) is 4.22. The average Bonchev–Trinajstić information content (AvgIpc) is 3.08. The standard InChI is InChI=1S/C16H21ClN6O/c1-12(11-23-8-2-7-18-23)19-16(24)13-5-9-22(10-6-13)15-4-3-14(17)20-21-15/h2-4,7-8,12-13H,5-6,9-11H2,1H3,(H,19,24)/t12-/m1/s1. The molecule has 1 amide bonds. The van der Waals surface area contributed by atoms with Crippen LogP contribution in [0.4, 0.5) is 5.82 Å². The molecule has 0 aromatic carbocycles. The number of halogens is 1. The van der Waals surface area contributed by atoms with Crippen LogP contribution < -0.4 is 10.2 Å². The molecule has 1 saturated heterocycles. The maximum Gasteiger partial charge on any atom is 0.223 e. The Balaban J connectivity index is 1.47. The summed E-state index contributed by atoms with van der Waals surface area (Å²) in [6, 6.07) is 5.53. The number of nitrogens with one attached hydrogen (secondary N) is 1. The number of aromatic nitrogens is 4. The maximum atomic E-state index is 12.4. The van der Waals surface area contributed by atoms with Crippen LogP contribution >= 0.6 is 11.6 Å². The van der Waals surface area contributed by atoms with Gasteiger partial charge in [0, 0.05) is 37.4 Å². The summed E-state index contributed by atoms with van der Waals surface area (Å²) in [6.07, 6.45) is 5.26. The molecule has 3 rings (SSSR count). The highest BCUT2D eigenvalue weighted by Gasteiger charge is 2.26.